The molecule has 2 aromatic heterocycles. The first-order valence-corrected chi connectivity index (χ1v) is 9.71. The van der Waals surface area contributed by atoms with Crippen molar-refractivity contribution >= 4 is 16.9 Å². The maximum absolute atomic E-state index is 12.5. The Kier molecular flexibility index (Phi) is 5.42. The summed E-state index contributed by atoms with van der Waals surface area (Å²) in [5.41, 5.74) is 2.65. The number of H-pyrrole nitrogens is 1. The van der Waals surface area contributed by atoms with E-state index in [0.29, 0.717) is 11.6 Å². The van der Waals surface area contributed by atoms with Crippen LogP contribution in [0.5, 0.6) is 5.75 Å². The molecule has 0 aliphatic carbocycles. The minimum Gasteiger partial charge on any atom is -0.484 e. The van der Waals surface area contributed by atoms with Gasteiger partial charge in [-0.3, -0.25) is 4.79 Å². The third-order valence-electron chi connectivity index (χ3n) is 4.68. The molecule has 1 amide bonds. The zero-order valence-corrected chi connectivity index (χ0v) is 17.0. The predicted molar refractivity (Wildman–Crippen MR) is 112 cm³/mol. The van der Waals surface area contributed by atoms with Crippen molar-refractivity contribution in [1.29, 1.82) is 0 Å². The third-order valence-corrected chi connectivity index (χ3v) is 4.68. The molecular weight excluding hydrogens is 382 g/mol. The Hall–Kier alpha value is -3.75. The highest BCUT2D eigenvalue weighted by molar-refractivity contribution is 5.78. The second-order valence-corrected chi connectivity index (χ2v) is 7.34. The molecule has 2 N–H and O–H groups in total. The number of nitrogens with one attached hydrogen (secondary N) is 2. The van der Waals surface area contributed by atoms with E-state index in [1.54, 1.807) is 19.2 Å². The Morgan fingerprint density at radius 2 is 1.93 bits per heavy atom. The van der Waals surface area contributed by atoms with E-state index < -0.39 is 0 Å². The van der Waals surface area contributed by atoms with Gasteiger partial charge in [-0.2, -0.15) is 4.80 Å². The van der Waals surface area contributed by atoms with Crippen LogP contribution < -0.4 is 10.1 Å². The van der Waals surface area contributed by atoms with Gasteiger partial charge < -0.3 is 15.0 Å². The zero-order chi connectivity index (χ0) is 21.1. The molecule has 4 rings (SSSR count). The van der Waals surface area contributed by atoms with E-state index >= 15 is 0 Å². The first kappa shape index (κ1) is 19.6. The molecule has 1 atom stereocenters. The van der Waals surface area contributed by atoms with Crippen LogP contribution in [-0.4, -0.2) is 42.7 Å². The highest BCUT2D eigenvalue weighted by Gasteiger charge is 2.22. The van der Waals surface area contributed by atoms with Crippen molar-refractivity contribution in [2.45, 2.75) is 19.9 Å². The molecule has 0 aliphatic rings. The number of hydrogen-bond acceptors (Lipinski definition) is 6. The van der Waals surface area contributed by atoms with Gasteiger partial charge in [0.2, 0.25) is 5.82 Å². The van der Waals surface area contributed by atoms with Crippen molar-refractivity contribution < 1.29 is 9.53 Å². The fourth-order valence-corrected chi connectivity index (χ4v) is 3.13. The number of benzene rings is 2. The van der Waals surface area contributed by atoms with Crippen molar-refractivity contribution in [3.8, 4) is 17.1 Å². The van der Waals surface area contributed by atoms with Gasteiger partial charge in [0, 0.05) is 5.56 Å². The van der Waals surface area contributed by atoms with Crippen LogP contribution in [0.1, 0.15) is 25.7 Å². The number of amides is 1. The van der Waals surface area contributed by atoms with Gasteiger partial charge in [-0.25, -0.2) is 4.98 Å². The number of nitrogens with zero attached hydrogens (tertiary/aromatic N) is 5. The lowest BCUT2D eigenvalue weighted by Gasteiger charge is -2.20. The number of carbonyl (C=O) groups excluding carboxylic acids is 1. The molecule has 0 radical (unpaired) electrons. The van der Waals surface area contributed by atoms with Crippen LogP contribution in [0.25, 0.3) is 22.4 Å². The molecule has 0 saturated carbocycles. The maximum atomic E-state index is 12.5. The van der Waals surface area contributed by atoms with Crippen molar-refractivity contribution in [3.05, 3.63) is 54.4 Å². The molecule has 9 nitrogen and oxygen atoms in total. The summed E-state index contributed by atoms with van der Waals surface area (Å²) in [5, 5.41) is 15.0. The molecule has 2 heterocycles. The van der Waals surface area contributed by atoms with Crippen molar-refractivity contribution in [1.82, 2.24) is 35.5 Å². The fourth-order valence-electron chi connectivity index (χ4n) is 3.13. The Bertz CT molecular complexity index is 1110. The first-order valence-electron chi connectivity index (χ1n) is 9.71. The molecule has 154 valence electrons. The third kappa shape index (κ3) is 4.29. The number of fused-ring (bicyclic) bond motifs is 1. The van der Waals surface area contributed by atoms with E-state index in [9.17, 15) is 4.79 Å². The number of tetrazole rings is 1. The molecule has 0 spiro atoms. The van der Waals surface area contributed by atoms with Gasteiger partial charge in [0.1, 0.15) is 11.6 Å². The Balaban J connectivity index is 1.38. The molecule has 2 aromatic carbocycles. The summed E-state index contributed by atoms with van der Waals surface area (Å²) in [4.78, 5) is 21.8. The minimum atomic E-state index is -0.237. The van der Waals surface area contributed by atoms with Crippen LogP contribution in [0.3, 0.4) is 0 Å². The molecular formula is C21H23N7O2. The van der Waals surface area contributed by atoms with Gasteiger partial charge in [-0.1, -0.05) is 26.0 Å². The van der Waals surface area contributed by atoms with E-state index in [0.717, 1.165) is 22.4 Å². The maximum Gasteiger partial charge on any atom is 0.258 e. The smallest absolute Gasteiger partial charge is 0.258 e. The van der Waals surface area contributed by atoms with Crippen LogP contribution in [0.4, 0.5) is 0 Å². The fraction of sp³-hybridized carbons (Fsp3) is 0.286. The van der Waals surface area contributed by atoms with Crippen molar-refractivity contribution in [3.63, 3.8) is 0 Å². The van der Waals surface area contributed by atoms with Crippen molar-refractivity contribution in [2.24, 2.45) is 13.0 Å². The highest BCUT2D eigenvalue weighted by atomic mass is 16.5. The summed E-state index contributed by atoms with van der Waals surface area (Å²) in [7, 11) is 1.71. The Labute approximate surface area is 173 Å². The summed E-state index contributed by atoms with van der Waals surface area (Å²) in [6.45, 7) is 3.99. The number of imidazole rings is 1. The van der Waals surface area contributed by atoms with Crippen LogP contribution >= 0.6 is 0 Å². The predicted octanol–water partition coefficient (Wildman–Crippen LogP) is 2.65. The van der Waals surface area contributed by atoms with Gasteiger partial charge in [0.15, 0.2) is 6.61 Å². The molecule has 0 saturated heterocycles. The number of aromatic amines is 1. The van der Waals surface area contributed by atoms with Gasteiger partial charge >= 0.3 is 0 Å². The SMILES string of the molecule is CC(C)[C@@H](NC(=O)COc1ccc(-c2nnn(C)n2)cc1)c1nc2ccccc2[nH]1. The van der Waals surface area contributed by atoms with E-state index in [1.165, 1.54) is 4.80 Å². The molecule has 4 aromatic rings. The largest absolute Gasteiger partial charge is 0.484 e. The van der Waals surface area contributed by atoms with Crippen LogP contribution in [0.15, 0.2) is 48.5 Å². The summed E-state index contributed by atoms with van der Waals surface area (Å²) >= 11 is 0. The van der Waals surface area contributed by atoms with Crippen LogP contribution in [0.2, 0.25) is 0 Å². The Morgan fingerprint density at radius 1 is 1.17 bits per heavy atom. The quantitative estimate of drug-likeness (QED) is 0.489. The van der Waals surface area contributed by atoms with Crippen LogP contribution in [-0.2, 0) is 11.8 Å². The standard InChI is InChI=1S/C21H23N7O2/c1-13(2)19(21-22-16-6-4-5-7-17(16)23-21)24-18(29)12-30-15-10-8-14(9-11-15)20-25-27-28(3)26-20/h4-11,13,19H,12H2,1-3H3,(H,22,23)(H,24,29)/t19-/m1/s1. The number of aromatic nitrogens is 6. The number of aryl methyl sites for hydroxylation is 1. The molecule has 0 unspecified atom stereocenters. The molecule has 9 heteroatoms. The number of rotatable bonds is 7. The summed E-state index contributed by atoms with van der Waals surface area (Å²) in [5.74, 6) is 1.80. The zero-order valence-electron chi connectivity index (χ0n) is 17.0. The van der Waals surface area contributed by atoms with Gasteiger partial charge in [0.05, 0.1) is 24.1 Å². The van der Waals surface area contributed by atoms with Gasteiger partial charge in [-0.15, -0.1) is 10.2 Å². The van der Waals surface area contributed by atoms with E-state index in [4.69, 9.17) is 4.74 Å². The second-order valence-electron chi connectivity index (χ2n) is 7.34. The van der Waals surface area contributed by atoms with Crippen molar-refractivity contribution in [2.75, 3.05) is 6.61 Å². The minimum absolute atomic E-state index is 0.0911. The highest BCUT2D eigenvalue weighted by Crippen LogP contribution is 2.22. The summed E-state index contributed by atoms with van der Waals surface area (Å²) in [6.07, 6.45) is 0. The summed E-state index contributed by atoms with van der Waals surface area (Å²) < 4.78 is 5.63. The molecule has 0 bridgehead atoms. The lowest BCUT2D eigenvalue weighted by molar-refractivity contribution is -0.124. The second kappa shape index (κ2) is 8.32. The summed E-state index contributed by atoms with van der Waals surface area (Å²) in [6, 6.07) is 14.8. The topological polar surface area (TPSA) is 111 Å². The van der Waals surface area contributed by atoms with Gasteiger partial charge in [0.25, 0.3) is 5.91 Å². The molecule has 30 heavy (non-hydrogen) atoms. The molecule has 0 fully saturated rings. The number of hydrogen-bond donors (Lipinski definition) is 2. The van der Waals surface area contributed by atoms with Gasteiger partial charge in [-0.05, 0) is 47.5 Å². The lowest BCUT2D eigenvalue weighted by Crippen LogP contribution is -2.35. The lowest BCUT2D eigenvalue weighted by atomic mass is 10.0. The number of ether oxygens (including phenoxy) is 1. The number of para-hydroxylation sites is 2. The average Bonchev–Trinajstić information content (AvgIpc) is 3.36. The normalized spacial score (nSPS) is 12.3. The van der Waals surface area contributed by atoms with E-state index in [2.05, 4.69) is 30.7 Å². The van der Waals surface area contributed by atoms with E-state index in [-0.39, 0.29) is 24.5 Å². The van der Waals surface area contributed by atoms with Crippen LogP contribution in [0, 0.1) is 5.92 Å². The first-order chi connectivity index (χ1) is 14.5. The number of carbonyl (C=O) groups is 1. The van der Waals surface area contributed by atoms with E-state index in [1.807, 2.05) is 50.2 Å². The monoisotopic (exact) mass is 405 g/mol. The average molecular weight is 405 g/mol. The molecule has 0 aliphatic heterocycles. The Morgan fingerprint density at radius 3 is 2.60 bits per heavy atom.